The van der Waals surface area contributed by atoms with Crippen molar-refractivity contribution in [1.82, 2.24) is 26.6 Å². The van der Waals surface area contributed by atoms with E-state index in [1.165, 1.54) is 20.1 Å². The fraction of sp³-hybridized carbons (Fsp3) is 0.405. The third-order valence-electron chi connectivity index (χ3n) is 8.70. The molecule has 1 aromatic heterocycles. The molecule has 266 valence electrons. The maximum atomic E-state index is 13.5. The van der Waals surface area contributed by atoms with Gasteiger partial charge in [0.25, 0.3) is 0 Å². The van der Waals surface area contributed by atoms with Crippen molar-refractivity contribution in [2.45, 2.75) is 90.0 Å². The fourth-order valence-corrected chi connectivity index (χ4v) is 6.09. The quantitative estimate of drug-likeness (QED) is 0.132. The Morgan fingerprint density at radius 1 is 0.760 bits per heavy atom. The molecule has 1 fully saturated rings. The first-order valence-electron chi connectivity index (χ1n) is 16.8. The van der Waals surface area contributed by atoms with Crippen LogP contribution in [0.3, 0.4) is 0 Å². The Balaban J connectivity index is 1.35. The summed E-state index contributed by atoms with van der Waals surface area (Å²) in [5.74, 6) is -1.72. The number of furan rings is 1. The molecular formula is C37H46N6O7. The third kappa shape index (κ3) is 11.9. The number of carbonyl (C=O) groups is 6. The predicted octanol–water partition coefficient (Wildman–Crippen LogP) is 1.71. The first-order chi connectivity index (χ1) is 24.0. The first-order valence-corrected chi connectivity index (χ1v) is 16.8. The van der Waals surface area contributed by atoms with E-state index in [2.05, 4.69) is 26.6 Å². The Bertz CT molecular complexity index is 1650. The Kier molecular flexibility index (Phi) is 13.7. The van der Waals surface area contributed by atoms with Gasteiger partial charge in [0.05, 0.1) is 12.7 Å². The lowest BCUT2D eigenvalue weighted by Gasteiger charge is -2.29. The van der Waals surface area contributed by atoms with Crippen molar-refractivity contribution in [2.24, 2.45) is 11.7 Å². The van der Waals surface area contributed by atoms with Crippen molar-refractivity contribution < 1.29 is 33.2 Å². The van der Waals surface area contributed by atoms with E-state index in [4.69, 9.17) is 10.2 Å². The van der Waals surface area contributed by atoms with E-state index in [9.17, 15) is 28.8 Å². The highest BCUT2D eigenvalue weighted by molar-refractivity contribution is 5.89. The van der Waals surface area contributed by atoms with Crippen molar-refractivity contribution in [1.29, 1.82) is 0 Å². The summed E-state index contributed by atoms with van der Waals surface area (Å²) in [4.78, 5) is 74.9. The van der Waals surface area contributed by atoms with Gasteiger partial charge in [-0.25, -0.2) is 0 Å². The van der Waals surface area contributed by atoms with E-state index < -0.39 is 29.8 Å². The maximum Gasteiger partial charge on any atom is 0.243 e. The average Bonchev–Trinajstić information content (AvgIpc) is 3.59. The van der Waals surface area contributed by atoms with Crippen molar-refractivity contribution in [2.75, 3.05) is 0 Å². The lowest BCUT2D eigenvalue weighted by Crippen LogP contribution is -2.50. The number of benzene rings is 2. The minimum atomic E-state index is -0.961. The van der Waals surface area contributed by atoms with Crippen LogP contribution >= 0.6 is 0 Å². The number of carbonyl (C=O) groups excluding carboxylic acids is 6. The second-order valence-corrected chi connectivity index (χ2v) is 12.7. The largest absolute Gasteiger partial charge is 0.469 e. The summed E-state index contributed by atoms with van der Waals surface area (Å²) in [6.07, 6.45) is 4.34. The van der Waals surface area contributed by atoms with E-state index in [1.807, 2.05) is 24.3 Å². The smallest absolute Gasteiger partial charge is 0.243 e. The minimum absolute atomic E-state index is 0.0433. The molecule has 2 atom stereocenters. The number of amides is 6. The first kappa shape index (κ1) is 37.4. The molecule has 3 aromatic rings. The summed E-state index contributed by atoms with van der Waals surface area (Å²) in [6.45, 7) is 3.33. The molecular weight excluding hydrogens is 640 g/mol. The topological polar surface area (TPSA) is 202 Å². The van der Waals surface area contributed by atoms with Crippen LogP contribution in [-0.4, -0.2) is 53.6 Å². The molecule has 1 heterocycles. The van der Waals surface area contributed by atoms with Crippen molar-refractivity contribution >= 4 is 35.4 Å². The molecule has 0 radical (unpaired) electrons. The van der Waals surface area contributed by atoms with Crippen molar-refractivity contribution in [3.8, 4) is 0 Å². The van der Waals surface area contributed by atoms with Crippen LogP contribution in [0.2, 0.25) is 0 Å². The molecule has 0 aliphatic heterocycles. The third-order valence-corrected chi connectivity index (χ3v) is 8.70. The summed E-state index contributed by atoms with van der Waals surface area (Å²) in [5, 5.41) is 14.2. The zero-order chi connectivity index (χ0) is 36.0. The standard InChI is InChI=1S/C37H46N6O7/c1-23(44)39-21-26-8-5-7-25(17-26)18-32(35(38)47)42-34(46)19-28-9-3-4-10-29(28)22-40-37(49)33(20-31-11-6-16-50-31)43-36(48)27-12-14-30(15-13-27)41-24(2)45/h3-11,16-17,27,30,32-33H,12-15,18-22H2,1-2H3,(H2,38,47)(H,39,44)(H,40,49)(H,41,45)(H,42,46)(H,43,48)/t27?,30?,32-,33-/m0/s1. The van der Waals surface area contributed by atoms with E-state index >= 15 is 0 Å². The van der Waals surface area contributed by atoms with Crippen LogP contribution in [-0.2, 0) is 61.1 Å². The molecule has 6 amide bonds. The molecule has 0 bridgehead atoms. The number of hydrogen-bond acceptors (Lipinski definition) is 7. The Morgan fingerprint density at radius 2 is 1.48 bits per heavy atom. The highest BCUT2D eigenvalue weighted by Gasteiger charge is 2.30. The molecule has 0 spiro atoms. The van der Waals surface area contributed by atoms with Crippen LogP contribution in [0.1, 0.15) is 67.5 Å². The highest BCUT2D eigenvalue weighted by Crippen LogP contribution is 2.25. The molecule has 50 heavy (non-hydrogen) atoms. The van der Waals surface area contributed by atoms with E-state index in [0.29, 0.717) is 49.1 Å². The van der Waals surface area contributed by atoms with Gasteiger partial charge in [0.2, 0.25) is 35.4 Å². The lowest BCUT2D eigenvalue weighted by atomic mass is 9.85. The second kappa shape index (κ2) is 18.3. The van der Waals surface area contributed by atoms with Gasteiger partial charge in [-0.05, 0) is 60.1 Å². The molecule has 7 N–H and O–H groups in total. The van der Waals surface area contributed by atoms with Gasteiger partial charge >= 0.3 is 0 Å². The van der Waals surface area contributed by atoms with Crippen LogP contribution in [0.5, 0.6) is 0 Å². The monoisotopic (exact) mass is 686 g/mol. The molecule has 0 saturated heterocycles. The van der Waals surface area contributed by atoms with Crippen LogP contribution in [0.15, 0.2) is 71.3 Å². The van der Waals surface area contributed by atoms with Crippen molar-refractivity contribution in [3.05, 3.63) is 94.9 Å². The number of primary amides is 1. The molecule has 1 aliphatic rings. The predicted molar refractivity (Wildman–Crippen MR) is 185 cm³/mol. The molecule has 2 aromatic carbocycles. The number of rotatable bonds is 16. The van der Waals surface area contributed by atoms with Crippen LogP contribution in [0, 0.1) is 5.92 Å². The molecule has 4 rings (SSSR count). The molecule has 1 saturated carbocycles. The van der Waals surface area contributed by atoms with E-state index in [-0.39, 0.29) is 55.5 Å². The van der Waals surface area contributed by atoms with E-state index in [1.54, 1.807) is 36.4 Å². The number of nitrogens with one attached hydrogen (secondary N) is 5. The normalized spacial score (nSPS) is 16.7. The van der Waals surface area contributed by atoms with Gasteiger partial charge in [-0.1, -0.05) is 48.5 Å². The second-order valence-electron chi connectivity index (χ2n) is 12.7. The summed E-state index contributed by atoms with van der Waals surface area (Å²) >= 11 is 0. The zero-order valence-corrected chi connectivity index (χ0v) is 28.5. The van der Waals surface area contributed by atoms with Gasteiger partial charge in [0, 0.05) is 51.7 Å². The minimum Gasteiger partial charge on any atom is -0.469 e. The van der Waals surface area contributed by atoms with Crippen LogP contribution in [0.4, 0.5) is 0 Å². The number of hydrogen-bond donors (Lipinski definition) is 6. The average molecular weight is 687 g/mol. The van der Waals surface area contributed by atoms with Gasteiger partial charge in [0.15, 0.2) is 0 Å². The molecule has 13 nitrogen and oxygen atoms in total. The zero-order valence-electron chi connectivity index (χ0n) is 28.5. The molecule has 0 unspecified atom stereocenters. The summed E-state index contributed by atoms with van der Waals surface area (Å²) in [5.41, 5.74) is 8.60. The van der Waals surface area contributed by atoms with Gasteiger partial charge in [0.1, 0.15) is 17.8 Å². The van der Waals surface area contributed by atoms with E-state index in [0.717, 1.165) is 11.1 Å². The number of nitrogens with two attached hydrogens (primary N) is 1. The Morgan fingerprint density at radius 3 is 2.14 bits per heavy atom. The summed E-state index contributed by atoms with van der Waals surface area (Å²) in [7, 11) is 0. The molecule has 13 heteroatoms. The highest BCUT2D eigenvalue weighted by atomic mass is 16.3. The van der Waals surface area contributed by atoms with Crippen LogP contribution < -0.4 is 32.3 Å². The van der Waals surface area contributed by atoms with Gasteiger partial charge in [-0.2, -0.15) is 0 Å². The fourth-order valence-electron chi connectivity index (χ4n) is 6.09. The molecule has 1 aliphatic carbocycles. The summed E-state index contributed by atoms with van der Waals surface area (Å²) in [6, 6.07) is 16.1. The summed E-state index contributed by atoms with van der Waals surface area (Å²) < 4.78 is 5.47. The van der Waals surface area contributed by atoms with Gasteiger partial charge in [-0.3, -0.25) is 28.8 Å². The SMILES string of the molecule is CC(=O)NCc1cccc(C[C@H](NC(=O)Cc2ccccc2CNC(=O)[C@H](Cc2ccco2)NC(=O)C2CCC(NC(C)=O)CC2)C(N)=O)c1. The van der Waals surface area contributed by atoms with Crippen molar-refractivity contribution in [3.63, 3.8) is 0 Å². The Labute approximate surface area is 291 Å². The van der Waals surface area contributed by atoms with Gasteiger partial charge < -0.3 is 36.7 Å². The lowest BCUT2D eigenvalue weighted by molar-refractivity contribution is -0.132. The van der Waals surface area contributed by atoms with Crippen LogP contribution in [0.25, 0.3) is 0 Å². The Hall–Kier alpha value is -5.46. The maximum absolute atomic E-state index is 13.5. The van der Waals surface area contributed by atoms with Gasteiger partial charge in [-0.15, -0.1) is 0 Å².